The molecular weight excluding hydrogens is 311 g/mol. The summed E-state index contributed by atoms with van der Waals surface area (Å²) in [5.74, 6) is -0.856. The number of rotatable bonds is 4. The Morgan fingerprint density at radius 3 is 3.00 bits per heavy atom. The zero-order valence-electron chi connectivity index (χ0n) is 14.0. The largest absolute Gasteiger partial charge is 0.507 e. The van der Waals surface area contributed by atoms with Crippen LogP contribution in [-0.2, 0) is 4.74 Å². The molecule has 2 aliphatic heterocycles. The number of halogens is 1. The van der Waals surface area contributed by atoms with Crippen molar-refractivity contribution >= 4 is 5.91 Å². The second-order valence-corrected chi connectivity index (χ2v) is 6.90. The van der Waals surface area contributed by atoms with Crippen LogP contribution in [0.1, 0.15) is 36.5 Å². The summed E-state index contributed by atoms with van der Waals surface area (Å²) in [4.78, 5) is 14.7. The van der Waals surface area contributed by atoms with Crippen LogP contribution in [0.4, 0.5) is 4.39 Å². The summed E-state index contributed by atoms with van der Waals surface area (Å²) in [6.45, 7) is 5.74. The molecule has 2 fully saturated rings. The van der Waals surface area contributed by atoms with E-state index in [1.165, 1.54) is 6.07 Å². The van der Waals surface area contributed by atoms with Crippen LogP contribution in [0.3, 0.4) is 0 Å². The second-order valence-electron chi connectivity index (χ2n) is 6.90. The molecule has 2 N–H and O–H groups in total. The number of amides is 1. The predicted molar refractivity (Wildman–Crippen MR) is 88.5 cm³/mol. The number of phenols is 1. The number of phenolic OH excluding ortho intramolecular Hbond substituents is 1. The maximum Gasteiger partial charge on any atom is 0.255 e. The lowest BCUT2D eigenvalue weighted by Gasteiger charge is -2.38. The fourth-order valence-corrected chi connectivity index (χ4v) is 3.62. The normalized spacial score (nSPS) is 28.0. The topological polar surface area (TPSA) is 61.8 Å². The monoisotopic (exact) mass is 336 g/mol. The van der Waals surface area contributed by atoms with Gasteiger partial charge < -0.3 is 20.1 Å². The minimum atomic E-state index is -0.530. The van der Waals surface area contributed by atoms with E-state index in [0.29, 0.717) is 12.0 Å². The first kappa shape index (κ1) is 17.2. The van der Waals surface area contributed by atoms with Gasteiger partial charge in [0.05, 0.1) is 11.7 Å². The van der Waals surface area contributed by atoms with Gasteiger partial charge in [0.2, 0.25) is 0 Å². The van der Waals surface area contributed by atoms with Gasteiger partial charge in [-0.25, -0.2) is 4.39 Å². The molecule has 24 heavy (non-hydrogen) atoms. The number of nitrogens with one attached hydrogen (secondary N) is 1. The number of ether oxygens (including phenoxy) is 1. The number of hydrogen-bond donors (Lipinski definition) is 2. The molecule has 2 heterocycles. The fourth-order valence-electron chi connectivity index (χ4n) is 3.62. The quantitative estimate of drug-likeness (QED) is 0.884. The molecule has 0 spiro atoms. The average Bonchev–Trinajstić information content (AvgIpc) is 3.05. The minimum Gasteiger partial charge on any atom is -0.507 e. The van der Waals surface area contributed by atoms with Crippen LogP contribution in [0, 0.1) is 11.7 Å². The predicted octanol–water partition coefficient (Wildman–Crippen LogP) is 2.15. The van der Waals surface area contributed by atoms with Gasteiger partial charge in [-0.15, -0.1) is 0 Å². The highest BCUT2D eigenvalue weighted by Crippen LogP contribution is 2.22. The molecule has 6 heteroatoms. The minimum absolute atomic E-state index is 0.0102. The molecule has 0 aliphatic carbocycles. The van der Waals surface area contributed by atoms with E-state index in [9.17, 15) is 14.3 Å². The Kier molecular flexibility index (Phi) is 5.36. The molecule has 132 valence electrons. The van der Waals surface area contributed by atoms with Crippen molar-refractivity contribution in [3.63, 3.8) is 0 Å². The Morgan fingerprint density at radius 2 is 2.29 bits per heavy atom. The van der Waals surface area contributed by atoms with Crippen LogP contribution in [0.2, 0.25) is 0 Å². The third-order valence-corrected chi connectivity index (χ3v) is 4.99. The molecule has 3 rings (SSSR count). The lowest BCUT2D eigenvalue weighted by atomic mass is 9.93. The van der Waals surface area contributed by atoms with E-state index in [4.69, 9.17) is 4.74 Å². The molecule has 1 aromatic carbocycles. The Hall–Kier alpha value is -1.66. The number of nitrogens with zero attached hydrogens (tertiary/aromatic N) is 1. The van der Waals surface area contributed by atoms with Crippen molar-refractivity contribution in [3.05, 3.63) is 29.6 Å². The number of benzene rings is 1. The molecule has 1 aromatic rings. The van der Waals surface area contributed by atoms with Gasteiger partial charge in [-0.05, 0) is 43.4 Å². The van der Waals surface area contributed by atoms with E-state index in [1.54, 1.807) is 0 Å². The van der Waals surface area contributed by atoms with Gasteiger partial charge in [-0.1, -0.05) is 6.92 Å². The third kappa shape index (κ3) is 4.05. The molecule has 5 nitrogen and oxygen atoms in total. The molecule has 0 bridgehead atoms. The molecule has 0 unspecified atom stereocenters. The maximum absolute atomic E-state index is 13.3. The summed E-state index contributed by atoms with van der Waals surface area (Å²) in [6, 6.07) is 3.44. The molecule has 0 saturated carbocycles. The Morgan fingerprint density at radius 1 is 1.46 bits per heavy atom. The number of carbonyl (C=O) groups is 1. The summed E-state index contributed by atoms with van der Waals surface area (Å²) in [7, 11) is 0. The number of aromatic hydroxyl groups is 1. The first-order valence-corrected chi connectivity index (χ1v) is 8.66. The average molecular weight is 336 g/mol. The van der Waals surface area contributed by atoms with Gasteiger partial charge in [0.1, 0.15) is 11.6 Å². The highest BCUT2D eigenvalue weighted by molar-refractivity contribution is 5.97. The standard InChI is InChI=1S/C18H25FN2O3/c1-12-10-21(11-14-3-2-8-24-14)7-6-16(12)20-18(23)15-9-13(19)4-5-17(15)22/h4-5,9,12,14,16,22H,2-3,6-8,10-11H2,1H3,(H,20,23)/t12-,14+,16+/m1/s1. The van der Waals surface area contributed by atoms with Gasteiger partial charge in [0.15, 0.2) is 0 Å². The van der Waals surface area contributed by atoms with Crippen LogP contribution in [0.5, 0.6) is 5.75 Å². The van der Waals surface area contributed by atoms with Crippen molar-refractivity contribution in [3.8, 4) is 5.75 Å². The first-order valence-electron chi connectivity index (χ1n) is 8.66. The first-order chi connectivity index (χ1) is 11.5. The number of hydrogen-bond acceptors (Lipinski definition) is 4. The van der Waals surface area contributed by atoms with Crippen LogP contribution in [0.15, 0.2) is 18.2 Å². The summed E-state index contributed by atoms with van der Waals surface area (Å²) in [6.07, 6.45) is 3.45. The van der Waals surface area contributed by atoms with Gasteiger partial charge >= 0.3 is 0 Å². The van der Waals surface area contributed by atoms with Gasteiger partial charge in [-0.2, -0.15) is 0 Å². The van der Waals surface area contributed by atoms with E-state index in [0.717, 1.165) is 57.6 Å². The molecule has 1 amide bonds. The lowest BCUT2D eigenvalue weighted by Crippen LogP contribution is -2.51. The van der Waals surface area contributed by atoms with Crippen molar-refractivity contribution in [1.82, 2.24) is 10.2 Å². The lowest BCUT2D eigenvalue weighted by molar-refractivity contribution is 0.0498. The zero-order chi connectivity index (χ0) is 17.1. The van der Waals surface area contributed by atoms with Crippen LogP contribution in [0.25, 0.3) is 0 Å². The summed E-state index contributed by atoms with van der Waals surface area (Å²) in [5, 5.41) is 12.7. The molecule has 0 aromatic heterocycles. The van der Waals surface area contributed by atoms with Crippen molar-refractivity contribution in [2.75, 3.05) is 26.2 Å². The summed E-state index contributed by atoms with van der Waals surface area (Å²) < 4.78 is 19.0. The summed E-state index contributed by atoms with van der Waals surface area (Å²) >= 11 is 0. The SMILES string of the molecule is C[C@@H]1CN(C[C@@H]2CCCO2)CC[C@@H]1NC(=O)c1cc(F)ccc1O. The molecule has 2 aliphatic rings. The van der Waals surface area contributed by atoms with E-state index in [1.807, 2.05) is 0 Å². The van der Waals surface area contributed by atoms with E-state index in [2.05, 4.69) is 17.1 Å². The van der Waals surface area contributed by atoms with Gasteiger partial charge in [-0.3, -0.25) is 4.79 Å². The van der Waals surface area contributed by atoms with E-state index in [-0.39, 0.29) is 17.4 Å². The van der Waals surface area contributed by atoms with Crippen LogP contribution < -0.4 is 5.32 Å². The van der Waals surface area contributed by atoms with Gasteiger partial charge in [0, 0.05) is 32.3 Å². The van der Waals surface area contributed by atoms with Crippen molar-refractivity contribution < 1.29 is 19.0 Å². The molecule has 2 saturated heterocycles. The number of carbonyl (C=O) groups excluding carboxylic acids is 1. The van der Waals surface area contributed by atoms with E-state index >= 15 is 0 Å². The summed E-state index contributed by atoms with van der Waals surface area (Å²) in [5.41, 5.74) is -0.0102. The molecule has 3 atom stereocenters. The van der Waals surface area contributed by atoms with Crippen LogP contribution >= 0.6 is 0 Å². The highest BCUT2D eigenvalue weighted by atomic mass is 19.1. The van der Waals surface area contributed by atoms with Crippen molar-refractivity contribution in [2.45, 2.75) is 38.3 Å². The molecular formula is C18H25FN2O3. The van der Waals surface area contributed by atoms with Gasteiger partial charge in [0.25, 0.3) is 5.91 Å². The highest BCUT2D eigenvalue weighted by Gasteiger charge is 2.30. The molecule has 0 radical (unpaired) electrons. The van der Waals surface area contributed by atoms with Crippen LogP contribution in [-0.4, -0.2) is 54.3 Å². The van der Waals surface area contributed by atoms with Crippen molar-refractivity contribution in [1.29, 1.82) is 0 Å². The fraction of sp³-hybridized carbons (Fsp3) is 0.611. The zero-order valence-corrected chi connectivity index (χ0v) is 14.0. The smallest absolute Gasteiger partial charge is 0.255 e. The Labute approximate surface area is 141 Å². The third-order valence-electron chi connectivity index (χ3n) is 4.99. The maximum atomic E-state index is 13.3. The Balaban J connectivity index is 1.54. The number of piperidine rings is 1. The number of likely N-dealkylation sites (tertiary alicyclic amines) is 1. The van der Waals surface area contributed by atoms with E-state index < -0.39 is 11.7 Å². The Bertz CT molecular complexity index is 590. The second kappa shape index (κ2) is 7.49. The van der Waals surface area contributed by atoms with Crippen molar-refractivity contribution in [2.24, 2.45) is 5.92 Å².